The van der Waals surface area contributed by atoms with Crippen LogP contribution in [0.4, 0.5) is 0 Å². The van der Waals surface area contributed by atoms with Crippen LogP contribution in [0.25, 0.3) is 0 Å². The number of rotatable bonds is 2. The fourth-order valence-electron chi connectivity index (χ4n) is 1.71. The van der Waals surface area contributed by atoms with Crippen molar-refractivity contribution >= 4 is 0 Å². The van der Waals surface area contributed by atoms with Gasteiger partial charge in [-0.1, -0.05) is 12.5 Å². The zero-order valence-electron chi connectivity index (χ0n) is 6.42. The first-order valence-electron chi connectivity index (χ1n) is 4.10. The third-order valence-corrected chi connectivity index (χ3v) is 2.41. The number of hydrogen-bond acceptors (Lipinski definition) is 1. The molecule has 1 N–H and O–H groups in total. The largest absolute Gasteiger partial charge is 0.396 e. The van der Waals surface area contributed by atoms with E-state index in [-0.39, 0.29) is 0 Å². The molecule has 1 rings (SSSR count). The zero-order chi connectivity index (χ0) is 7.40. The number of aliphatic hydroxyl groups excluding tert-OH is 1. The highest BCUT2D eigenvalue weighted by Gasteiger charge is 2.18. The maximum atomic E-state index is 8.87. The smallest absolute Gasteiger partial charge is 0.0459 e. The summed E-state index contributed by atoms with van der Waals surface area (Å²) in [6, 6.07) is 0. The molecule has 1 saturated carbocycles. The Hall–Kier alpha value is -0.300. The van der Waals surface area contributed by atoms with Crippen LogP contribution in [0.3, 0.4) is 0 Å². The summed E-state index contributed by atoms with van der Waals surface area (Å²) in [5.74, 6) is 1.22. The lowest BCUT2D eigenvalue weighted by molar-refractivity contribution is 0.174. The molecule has 0 heterocycles. The summed E-state index contributed by atoms with van der Waals surface area (Å²) in [4.78, 5) is 0. The van der Waals surface area contributed by atoms with E-state index in [1.165, 1.54) is 19.3 Å². The van der Waals surface area contributed by atoms with E-state index in [0.29, 0.717) is 18.4 Å². The van der Waals surface area contributed by atoms with Gasteiger partial charge in [-0.15, -0.1) is 6.58 Å². The molecular weight excluding hydrogens is 124 g/mol. The van der Waals surface area contributed by atoms with Gasteiger partial charge in [-0.2, -0.15) is 0 Å². The van der Waals surface area contributed by atoms with E-state index in [1.807, 2.05) is 6.08 Å². The van der Waals surface area contributed by atoms with Crippen molar-refractivity contribution in [2.75, 3.05) is 6.61 Å². The first-order valence-corrected chi connectivity index (χ1v) is 4.10. The van der Waals surface area contributed by atoms with Gasteiger partial charge >= 0.3 is 0 Å². The lowest BCUT2D eigenvalue weighted by Crippen LogP contribution is -2.16. The SMILES string of the molecule is C=CC1CCCC(CO)C1. The number of allylic oxidation sites excluding steroid dienone is 1. The van der Waals surface area contributed by atoms with Crippen LogP contribution in [0.5, 0.6) is 0 Å². The van der Waals surface area contributed by atoms with Crippen LogP contribution in [0.15, 0.2) is 12.7 Å². The molecule has 0 radical (unpaired) electrons. The Morgan fingerprint density at radius 3 is 2.90 bits per heavy atom. The van der Waals surface area contributed by atoms with Gasteiger partial charge in [0, 0.05) is 6.61 Å². The third-order valence-electron chi connectivity index (χ3n) is 2.41. The Balaban J connectivity index is 2.31. The van der Waals surface area contributed by atoms with E-state index >= 15 is 0 Å². The Morgan fingerprint density at radius 1 is 1.50 bits per heavy atom. The van der Waals surface area contributed by atoms with E-state index < -0.39 is 0 Å². The van der Waals surface area contributed by atoms with E-state index in [1.54, 1.807) is 0 Å². The number of aliphatic hydroxyl groups is 1. The Bertz CT molecular complexity index is 109. The van der Waals surface area contributed by atoms with Crippen molar-refractivity contribution in [3.63, 3.8) is 0 Å². The van der Waals surface area contributed by atoms with Crippen molar-refractivity contribution in [2.45, 2.75) is 25.7 Å². The van der Waals surface area contributed by atoms with Crippen molar-refractivity contribution in [1.29, 1.82) is 0 Å². The minimum atomic E-state index is 0.365. The van der Waals surface area contributed by atoms with Crippen LogP contribution < -0.4 is 0 Å². The van der Waals surface area contributed by atoms with Gasteiger partial charge < -0.3 is 5.11 Å². The Kier molecular flexibility index (Phi) is 2.94. The van der Waals surface area contributed by atoms with Gasteiger partial charge in [0.05, 0.1) is 0 Å². The van der Waals surface area contributed by atoms with Crippen molar-refractivity contribution in [3.8, 4) is 0 Å². The van der Waals surface area contributed by atoms with Crippen molar-refractivity contribution in [2.24, 2.45) is 11.8 Å². The van der Waals surface area contributed by atoms with Gasteiger partial charge in [0.1, 0.15) is 0 Å². The molecular formula is C9H16O. The first-order chi connectivity index (χ1) is 4.86. The van der Waals surface area contributed by atoms with E-state index in [4.69, 9.17) is 5.11 Å². The molecule has 0 bridgehead atoms. The van der Waals surface area contributed by atoms with Gasteiger partial charge in [-0.25, -0.2) is 0 Å². The minimum absolute atomic E-state index is 0.365. The predicted molar refractivity (Wildman–Crippen MR) is 42.7 cm³/mol. The van der Waals surface area contributed by atoms with Crippen molar-refractivity contribution in [3.05, 3.63) is 12.7 Å². The van der Waals surface area contributed by atoms with Crippen LogP contribution in [0.2, 0.25) is 0 Å². The quantitative estimate of drug-likeness (QED) is 0.581. The molecule has 0 amide bonds. The summed E-state index contributed by atoms with van der Waals surface area (Å²) in [7, 11) is 0. The molecule has 0 aromatic carbocycles. The molecule has 1 aliphatic rings. The van der Waals surface area contributed by atoms with Crippen molar-refractivity contribution < 1.29 is 5.11 Å². The van der Waals surface area contributed by atoms with Gasteiger partial charge in [-0.3, -0.25) is 0 Å². The topological polar surface area (TPSA) is 20.2 Å². The van der Waals surface area contributed by atoms with E-state index in [2.05, 4.69) is 6.58 Å². The normalized spacial score (nSPS) is 33.7. The minimum Gasteiger partial charge on any atom is -0.396 e. The molecule has 2 atom stereocenters. The van der Waals surface area contributed by atoms with Crippen LogP contribution in [-0.4, -0.2) is 11.7 Å². The Morgan fingerprint density at radius 2 is 2.30 bits per heavy atom. The molecule has 1 aliphatic carbocycles. The highest BCUT2D eigenvalue weighted by atomic mass is 16.3. The van der Waals surface area contributed by atoms with Crippen LogP contribution in [-0.2, 0) is 0 Å². The summed E-state index contributed by atoms with van der Waals surface area (Å²) in [5.41, 5.74) is 0. The molecule has 1 heteroatoms. The fourth-order valence-corrected chi connectivity index (χ4v) is 1.71. The van der Waals surface area contributed by atoms with Crippen LogP contribution >= 0.6 is 0 Å². The summed E-state index contributed by atoms with van der Waals surface area (Å²) in [6.07, 6.45) is 6.94. The molecule has 2 unspecified atom stereocenters. The van der Waals surface area contributed by atoms with Gasteiger partial charge in [0.2, 0.25) is 0 Å². The predicted octanol–water partition coefficient (Wildman–Crippen LogP) is 1.97. The maximum Gasteiger partial charge on any atom is 0.0459 e. The average Bonchev–Trinajstić information content (AvgIpc) is 2.05. The highest BCUT2D eigenvalue weighted by Crippen LogP contribution is 2.28. The van der Waals surface area contributed by atoms with E-state index in [9.17, 15) is 0 Å². The molecule has 0 spiro atoms. The second-order valence-corrected chi connectivity index (χ2v) is 3.21. The lowest BCUT2D eigenvalue weighted by atomic mass is 9.82. The molecule has 1 fully saturated rings. The van der Waals surface area contributed by atoms with Crippen molar-refractivity contribution in [1.82, 2.24) is 0 Å². The van der Waals surface area contributed by atoms with E-state index in [0.717, 1.165) is 6.42 Å². The molecule has 10 heavy (non-hydrogen) atoms. The molecule has 0 aromatic heterocycles. The molecule has 1 nitrogen and oxygen atoms in total. The zero-order valence-corrected chi connectivity index (χ0v) is 6.42. The van der Waals surface area contributed by atoms with Gasteiger partial charge in [0.15, 0.2) is 0 Å². The number of hydrogen-bond donors (Lipinski definition) is 1. The Labute approximate surface area is 62.8 Å². The molecule has 0 saturated heterocycles. The second-order valence-electron chi connectivity index (χ2n) is 3.21. The van der Waals surface area contributed by atoms with Gasteiger partial charge in [-0.05, 0) is 31.1 Å². The second kappa shape index (κ2) is 3.77. The van der Waals surface area contributed by atoms with Crippen LogP contribution in [0.1, 0.15) is 25.7 Å². The summed E-state index contributed by atoms with van der Waals surface area (Å²) >= 11 is 0. The van der Waals surface area contributed by atoms with Gasteiger partial charge in [0.25, 0.3) is 0 Å². The molecule has 0 aromatic rings. The monoisotopic (exact) mass is 140 g/mol. The summed E-state index contributed by atoms with van der Waals surface area (Å²) in [6.45, 7) is 4.14. The highest BCUT2D eigenvalue weighted by molar-refractivity contribution is 4.84. The summed E-state index contributed by atoms with van der Waals surface area (Å²) < 4.78 is 0. The molecule has 0 aliphatic heterocycles. The first kappa shape index (κ1) is 7.80. The van der Waals surface area contributed by atoms with Crippen LogP contribution in [0, 0.1) is 11.8 Å². The average molecular weight is 140 g/mol. The standard InChI is InChI=1S/C9H16O/c1-2-8-4-3-5-9(6-8)7-10/h2,8-10H,1,3-7H2. The third kappa shape index (κ3) is 1.84. The summed E-state index contributed by atoms with van der Waals surface area (Å²) in [5, 5.41) is 8.87. The maximum absolute atomic E-state index is 8.87. The lowest BCUT2D eigenvalue weighted by Gasteiger charge is -2.25. The fraction of sp³-hybridized carbons (Fsp3) is 0.778. The molecule has 58 valence electrons.